The maximum absolute atomic E-state index is 13.8. The van der Waals surface area contributed by atoms with Gasteiger partial charge < -0.3 is 15.4 Å². The van der Waals surface area contributed by atoms with Crippen molar-refractivity contribution < 1.29 is 13.9 Å². The van der Waals surface area contributed by atoms with E-state index in [4.69, 9.17) is 4.74 Å². The fraction of sp³-hybridized carbons (Fsp3) is 0.400. The first-order valence-corrected chi connectivity index (χ1v) is 9.12. The van der Waals surface area contributed by atoms with Crippen LogP contribution in [0, 0.1) is 5.82 Å². The average Bonchev–Trinajstić information content (AvgIpc) is 2.69. The molecule has 1 aromatic carbocycles. The Bertz CT molecular complexity index is 749. The molecule has 0 spiro atoms. The Hall–Kier alpha value is -2.67. The highest BCUT2D eigenvalue weighted by molar-refractivity contribution is 5.74. The minimum absolute atomic E-state index is 0.155. The Kier molecular flexibility index (Phi) is 6.59. The second-order valence-corrected chi connectivity index (χ2v) is 6.71. The van der Waals surface area contributed by atoms with Crippen molar-refractivity contribution in [3.8, 4) is 5.75 Å². The number of nitrogens with one attached hydrogen (secondary N) is 2. The fourth-order valence-corrected chi connectivity index (χ4v) is 3.22. The number of halogens is 1. The largest absolute Gasteiger partial charge is 0.494 e. The number of piperidine rings is 1. The summed E-state index contributed by atoms with van der Waals surface area (Å²) in [7, 11) is 1.46. The molecule has 0 unspecified atom stereocenters. The number of aromatic nitrogens is 1. The molecule has 0 bridgehead atoms. The zero-order valence-corrected chi connectivity index (χ0v) is 15.5. The lowest BCUT2D eigenvalue weighted by atomic mass is 10.0. The van der Waals surface area contributed by atoms with Gasteiger partial charge in [-0.1, -0.05) is 12.1 Å². The summed E-state index contributed by atoms with van der Waals surface area (Å²) in [4.78, 5) is 18.3. The second kappa shape index (κ2) is 9.32. The number of rotatable bonds is 6. The fourth-order valence-electron chi connectivity index (χ4n) is 3.22. The summed E-state index contributed by atoms with van der Waals surface area (Å²) in [6.45, 7) is 2.88. The molecule has 2 N–H and O–H groups in total. The quantitative estimate of drug-likeness (QED) is 0.818. The molecule has 1 saturated heterocycles. The topological polar surface area (TPSA) is 66.5 Å². The maximum Gasteiger partial charge on any atom is 0.315 e. The van der Waals surface area contributed by atoms with Gasteiger partial charge in [0.2, 0.25) is 0 Å². The van der Waals surface area contributed by atoms with Crippen LogP contribution in [0.15, 0.2) is 42.7 Å². The number of hydrogen-bond donors (Lipinski definition) is 2. The van der Waals surface area contributed by atoms with Crippen LogP contribution in [-0.2, 0) is 13.1 Å². The molecule has 1 aromatic heterocycles. The van der Waals surface area contributed by atoms with Crippen molar-refractivity contribution in [2.45, 2.75) is 32.0 Å². The van der Waals surface area contributed by atoms with Gasteiger partial charge in [-0.3, -0.25) is 9.88 Å². The number of carbonyl (C=O) groups excluding carboxylic acids is 1. The highest BCUT2D eigenvalue weighted by atomic mass is 19.1. The van der Waals surface area contributed by atoms with Crippen LogP contribution in [0.25, 0.3) is 0 Å². The third-order valence-electron chi connectivity index (χ3n) is 4.72. The Morgan fingerprint density at radius 3 is 2.78 bits per heavy atom. The molecule has 2 aromatic rings. The number of carbonyl (C=O) groups is 1. The lowest BCUT2D eigenvalue weighted by Crippen LogP contribution is -2.47. The lowest BCUT2D eigenvalue weighted by molar-refractivity contribution is 0.186. The van der Waals surface area contributed by atoms with Crippen LogP contribution < -0.4 is 15.4 Å². The van der Waals surface area contributed by atoms with E-state index in [0.29, 0.717) is 13.1 Å². The Morgan fingerprint density at radius 1 is 1.30 bits per heavy atom. The van der Waals surface area contributed by atoms with Crippen molar-refractivity contribution in [1.82, 2.24) is 20.5 Å². The zero-order chi connectivity index (χ0) is 19.1. The number of likely N-dealkylation sites (tertiary alicyclic amines) is 1. The normalized spacial score (nSPS) is 15.3. The van der Waals surface area contributed by atoms with Crippen LogP contribution in [0.3, 0.4) is 0 Å². The number of amides is 2. The Balaban J connectivity index is 1.39. The van der Waals surface area contributed by atoms with Crippen molar-refractivity contribution in [3.63, 3.8) is 0 Å². The molecule has 1 aliphatic heterocycles. The van der Waals surface area contributed by atoms with E-state index < -0.39 is 0 Å². The van der Waals surface area contributed by atoms with Crippen molar-refractivity contribution in [2.75, 3.05) is 20.2 Å². The van der Waals surface area contributed by atoms with Crippen LogP contribution in [0.5, 0.6) is 5.75 Å². The number of benzene rings is 1. The maximum atomic E-state index is 13.8. The summed E-state index contributed by atoms with van der Waals surface area (Å²) in [5.41, 5.74) is 1.89. The second-order valence-electron chi connectivity index (χ2n) is 6.71. The van der Waals surface area contributed by atoms with Crippen LogP contribution >= 0.6 is 0 Å². The van der Waals surface area contributed by atoms with Crippen molar-refractivity contribution >= 4 is 6.03 Å². The molecule has 1 fully saturated rings. The van der Waals surface area contributed by atoms with E-state index in [2.05, 4.69) is 20.5 Å². The molecule has 6 nitrogen and oxygen atoms in total. The third kappa shape index (κ3) is 5.65. The van der Waals surface area contributed by atoms with E-state index in [1.807, 2.05) is 18.2 Å². The monoisotopic (exact) mass is 372 g/mol. The summed E-state index contributed by atoms with van der Waals surface area (Å²) >= 11 is 0. The smallest absolute Gasteiger partial charge is 0.315 e. The number of urea groups is 1. The van der Waals surface area contributed by atoms with Gasteiger partial charge in [0.05, 0.1) is 7.11 Å². The molecule has 144 valence electrons. The molecule has 1 aliphatic rings. The molecular weight excluding hydrogens is 347 g/mol. The first-order chi connectivity index (χ1) is 13.1. The molecule has 2 amide bonds. The SMILES string of the molecule is COc1ccc(CN2CCC(NC(=O)NCc3cccnc3)CC2)cc1F. The van der Waals surface area contributed by atoms with Gasteiger partial charge in [-0.25, -0.2) is 9.18 Å². The van der Waals surface area contributed by atoms with Crippen LogP contribution in [0.2, 0.25) is 0 Å². The van der Waals surface area contributed by atoms with Crippen LogP contribution in [0.4, 0.5) is 9.18 Å². The number of pyridine rings is 1. The lowest BCUT2D eigenvalue weighted by Gasteiger charge is -2.32. The molecule has 0 saturated carbocycles. The number of hydrogen-bond acceptors (Lipinski definition) is 4. The predicted molar refractivity (Wildman–Crippen MR) is 101 cm³/mol. The highest BCUT2D eigenvalue weighted by Crippen LogP contribution is 2.20. The van der Waals surface area contributed by atoms with Gasteiger partial charge >= 0.3 is 6.03 Å². The van der Waals surface area contributed by atoms with E-state index in [9.17, 15) is 9.18 Å². The molecule has 0 radical (unpaired) electrons. The average molecular weight is 372 g/mol. The van der Waals surface area contributed by atoms with E-state index in [-0.39, 0.29) is 23.6 Å². The van der Waals surface area contributed by atoms with Crippen molar-refractivity contribution in [2.24, 2.45) is 0 Å². The highest BCUT2D eigenvalue weighted by Gasteiger charge is 2.21. The minimum Gasteiger partial charge on any atom is -0.494 e. The van der Waals surface area contributed by atoms with E-state index in [1.54, 1.807) is 18.5 Å². The first kappa shape index (κ1) is 19.1. The van der Waals surface area contributed by atoms with Gasteiger partial charge in [-0.2, -0.15) is 0 Å². The number of nitrogens with zero attached hydrogens (tertiary/aromatic N) is 2. The Morgan fingerprint density at radius 2 is 2.11 bits per heavy atom. The molecule has 0 atom stereocenters. The van der Waals surface area contributed by atoms with Crippen molar-refractivity contribution in [1.29, 1.82) is 0 Å². The van der Waals surface area contributed by atoms with Gasteiger partial charge in [0.25, 0.3) is 0 Å². The Labute approximate surface area is 158 Å². The molecule has 27 heavy (non-hydrogen) atoms. The number of ether oxygens (including phenoxy) is 1. The van der Waals surface area contributed by atoms with E-state index in [1.165, 1.54) is 13.2 Å². The predicted octanol–water partition coefficient (Wildman–Crippen LogP) is 2.69. The third-order valence-corrected chi connectivity index (χ3v) is 4.72. The van der Waals surface area contributed by atoms with Gasteiger partial charge in [0, 0.05) is 44.6 Å². The zero-order valence-electron chi connectivity index (χ0n) is 15.5. The van der Waals surface area contributed by atoms with Crippen molar-refractivity contribution in [3.05, 3.63) is 59.7 Å². The van der Waals surface area contributed by atoms with Gasteiger partial charge in [-0.15, -0.1) is 0 Å². The summed E-state index contributed by atoms with van der Waals surface area (Å²) in [5.74, 6) is -0.0733. The van der Waals surface area contributed by atoms with Crippen LogP contribution in [0.1, 0.15) is 24.0 Å². The molecular formula is C20H25FN4O2. The summed E-state index contributed by atoms with van der Waals surface area (Å²) in [6, 6.07) is 8.84. The molecule has 0 aliphatic carbocycles. The summed E-state index contributed by atoms with van der Waals surface area (Å²) < 4.78 is 18.8. The standard InChI is InChI=1S/C20H25FN4O2/c1-27-19-5-4-15(11-18(19)21)14-25-9-6-17(7-10-25)24-20(26)23-13-16-3-2-8-22-12-16/h2-5,8,11-12,17H,6-7,9-10,13-14H2,1H3,(H2,23,24,26). The molecule has 3 rings (SSSR count). The molecule has 2 heterocycles. The first-order valence-electron chi connectivity index (χ1n) is 9.12. The minimum atomic E-state index is -0.336. The van der Waals surface area contributed by atoms with E-state index in [0.717, 1.165) is 37.1 Å². The van der Waals surface area contributed by atoms with E-state index >= 15 is 0 Å². The molecule has 7 heteroatoms. The van der Waals surface area contributed by atoms with Gasteiger partial charge in [0.15, 0.2) is 11.6 Å². The summed E-state index contributed by atoms with van der Waals surface area (Å²) in [5, 5.41) is 5.88. The summed E-state index contributed by atoms with van der Waals surface area (Å²) in [6.07, 6.45) is 5.19. The van der Waals surface area contributed by atoms with Crippen LogP contribution in [-0.4, -0.2) is 42.2 Å². The van der Waals surface area contributed by atoms with Gasteiger partial charge in [-0.05, 0) is 42.2 Å². The number of methoxy groups -OCH3 is 1. The van der Waals surface area contributed by atoms with Gasteiger partial charge in [0.1, 0.15) is 0 Å².